The Morgan fingerprint density at radius 2 is 2.13 bits per heavy atom. The van der Waals surface area contributed by atoms with Crippen LogP contribution in [0.3, 0.4) is 0 Å². The molecule has 1 nitrogen and oxygen atoms in total. The molecule has 0 atom stereocenters. The third-order valence-electron chi connectivity index (χ3n) is 2.90. The second-order valence-corrected chi connectivity index (χ2v) is 4.42. The number of ether oxygens (including phenoxy) is 1. The van der Waals surface area contributed by atoms with E-state index < -0.39 is 0 Å². The smallest absolute Gasteiger partial charge is 0.122 e. The first-order chi connectivity index (χ1) is 7.26. The van der Waals surface area contributed by atoms with Crippen LogP contribution in [0.15, 0.2) is 12.1 Å². The Bertz CT molecular complexity index is 356. The standard InChI is InChI=1S/C13H17ClO/c1-3-15-13-7-11(8-14)12(6-9(13)2)10-4-5-10/h6-7,10H,3-5,8H2,1-2H3. The second kappa shape index (κ2) is 4.44. The van der Waals surface area contributed by atoms with Gasteiger partial charge in [-0.15, -0.1) is 11.6 Å². The van der Waals surface area contributed by atoms with E-state index >= 15 is 0 Å². The number of rotatable bonds is 4. The average molecular weight is 225 g/mol. The van der Waals surface area contributed by atoms with Crippen molar-refractivity contribution in [3.8, 4) is 5.75 Å². The highest BCUT2D eigenvalue weighted by Crippen LogP contribution is 2.43. The Morgan fingerprint density at radius 1 is 1.40 bits per heavy atom. The Balaban J connectivity index is 2.36. The summed E-state index contributed by atoms with van der Waals surface area (Å²) in [5.74, 6) is 2.33. The lowest BCUT2D eigenvalue weighted by Gasteiger charge is -2.12. The fourth-order valence-corrected chi connectivity index (χ4v) is 2.19. The van der Waals surface area contributed by atoms with Crippen LogP contribution in [-0.4, -0.2) is 6.61 Å². The average Bonchev–Trinajstić information content (AvgIpc) is 3.04. The van der Waals surface area contributed by atoms with Gasteiger partial charge in [-0.1, -0.05) is 6.07 Å². The van der Waals surface area contributed by atoms with Crippen LogP contribution in [0, 0.1) is 6.92 Å². The zero-order valence-corrected chi connectivity index (χ0v) is 10.1. The molecular weight excluding hydrogens is 208 g/mol. The molecule has 2 heteroatoms. The van der Waals surface area contributed by atoms with Crippen LogP contribution in [0.2, 0.25) is 0 Å². The van der Waals surface area contributed by atoms with Crippen molar-refractivity contribution in [2.75, 3.05) is 6.61 Å². The van der Waals surface area contributed by atoms with Gasteiger partial charge in [0.05, 0.1) is 6.61 Å². The van der Waals surface area contributed by atoms with Gasteiger partial charge in [0, 0.05) is 5.88 Å². The normalized spacial score (nSPS) is 15.4. The predicted molar refractivity (Wildman–Crippen MR) is 63.9 cm³/mol. The van der Waals surface area contributed by atoms with Gasteiger partial charge >= 0.3 is 0 Å². The third kappa shape index (κ3) is 2.28. The van der Waals surface area contributed by atoms with E-state index in [1.54, 1.807) is 0 Å². The molecule has 1 saturated carbocycles. The SMILES string of the molecule is CCOc1cc(CCl)c(C2CC2)cc1C. The molecule has 0 heterocycles. The Labute approximate surface area is 96.4 Å². The first-order valence-electron chi connectivity index (χ1n) is 5.58. The summed E-state index contributed by atoms with van der Waals surface area (Å²) in [7, 11) is 0. The van der Waals surface area contributed by atoms with Gasteiger partial charge in [0.2, 0.25) is 0 Å². The van der Waals surface area contributed by atoms with Gasteiger partial charge in [-0.3, -0.25) is 0 Å². The monoisotopic (exact) mass is 224 g/mol. The van der Waals surface area contributed by atoms with Crippen LogP contribution in [-0.2, 0) is 5.88 Å². The van der Waals surface area contributed by atoms with E-state index in [4.69, 9.17) is 16.3 Å². The molecule has 1 aliphatic carbocycles. The van der Waals surface area contributed by atoms with E-state index in [-0.39, 0.29) is 0 Å². The summed E-state index contributed by atoms with van der Waals surface area (Å²) < 4.78 is 5.58. The summed E-state index contributed by atoms with van der Waals surface area (Å²) in [6, 6.07) is 4.36. The van der Waals surface area contributed by atoms with Gasteiger partial charge in [-0.25, -0.2) is 0 Å². The van der Waals surface area contributed by atoms with Crippen LogP contribution < -0.4 is 4.74 Å². The van der Waals surface area contributed by atoms with Crippen molar-refractivity contribution in [3.05, 3.63) is 28.8 Å². The predicted octanol–water partition coefficient (Wildman–Crippen LogP) is 4.01. The third-order valence-corrected chi connectivity index (χ3v) is 3.19. The molecule has 0 radical (unpaired) electrons. The summed E-state index contributed by atoms with van der Waals surface area (Å²) in [5.41, 5.74) is 3.91. The molecule has 0 unspecified atom stereocenters. The van der Waals surface area contributed by atoms with Crippen molar-refractivity contribution < 1.29 is 4.74 Å². The highest BCUT2D eigenvalue weighted by Gasteiger charge is 2.26. The molecule has 0 spiro atoms. The Hall–Kier alpha value is -0.690. The molecule has 1 aromatic rings. The summed E-state index contributed by atoms with van der Waals surface area (Å²) >= 11 is 5.97. The summed E-state index contributed by atoms with van der Waals surface area (Å²) in [4.78, 5) is 0. The maximum atomic E-state index is 5.97. The molecular formula is C13H17ClO. The highest BCUT2D eigenvalue weighted by atomic mass is 35.5. The van der Waals surface area contributed by atoms with Gasteiger partial charge in [0.15, 0.2) is 0 Å². The van der Waals surface area contributed by atoms with Crippen molar-refractivity contribution in [1.82, 2.24) is 0 Å². The van der Waals surface area contributed by atoms with Crippen molar-refractivity contribution in [2.45, 2.75) is 38.5 Å². The van der Waals surface area contributed by atoms with Gasteiger partial charge in [-0.2, -0.15) is 0 Å². The molecule has 1 aromatic carbocycles. The van der Waals surface area contributed by atoms with Crippen LogP contribution >= 0.6 is 11.6 Å². The molecule has 1 aliphatic rings. The zero-order valence-electron chi connectivity index (χ0n) is 9.35. The molecule has 0 bridgehead atoms. The summed E-state index contributed by atoms with van der Waals surface area (Å²) in [6.07, 6.45) is 2.63. The zero-order chi connectivity index (χ0) is 10.8. The van der Waals surface area contributed by atoms with E-state index in [0.717, 1.165) is 11.7 Å². The van der Waals surface area contributed by atoms with Gasteiger partial charge in [0.1, 0.15) is 5.75 Å². The molecule has 0 aliphatic heterocycles. The molecule has 2 rings (SSSR count). The molecule has 0 N–H and O–H groups in total. The Morgan fingerprint density at radius 3 is 2.67 bits per heavy atom. The molecule has 15 heavy (non-hydrogen) atoms. The number of alkyl halides is 1. The molecule has 1 fully saturated rings. The van der Waals surface area contributed by atoms with Crippen LogP contribution in [0.25, 0.3) is 0 Å². The molecule has 0 amide bonds. The van der Waals surface area contributed by atoms with Crippen molar-refractivity contribution in [1.29, 1.82) is 0 Å². The largest absolute Gasteiger partial charge is 0.494 e. The second-order valence-electron chi connectivity index (χ2n) is 4.16. The lowest BCUT2D eigenvalue weighted by Crippen LogP contribution is -1.98. The highest BCUT2D eigenvalue weighted by molar-refractivity contribution is 6.17. The minimum atomic E-state index is 0.589. The van der Waals surface area contributed by atoms with Crippen molar-refractivity contribution in [2.24, 2.45) is 0 Å². The number of halogens is 1. The van der Waals surface area contributed by atoms with Gasteiger partial charge in [-0.05, 0) is 55.4 Å². The maximum absolute atomic E-state index is 5.97. The first kappa shape index (κ1) is 10.8. The first-order valence-corrected chi connectivity index (χ1v) is 6.12. The quantitative estimate of drug-likeness (QED) is 0.703. The number of benzene rings is 1. The lowest BCUT2D eigenvalue weighted by atomic mass is 10.0. The van der Waals surface area contributed by atoms with Gasteiger partial charge < -0.3 is 4.74 Å². The fraction of sp³-hybridized carbons (Fsp3) is 0.538. The Kier molecular flexibility index (Phi) is 3.20. The fourth-order valence-electron chi connectivity index (χ4n) is 1.95. The van der Waals surface area contributed by atoms with E-state index in [1.807, 2.05) is 6.92 Å². The van der Waals surface area contributed by atoms with Gasteiger partial charge in [0.25, 0.3) is 0 Å². The van der Waals surface area contributed by atoms with Crippen LogP contribution in [0.4, 0.5) is 0 Å². The summed E-state index contributed by atoms with van der Waals surface area (Å²) in [6.45, 7) is 4.83. The number of aryl methyl sites for hydroxylation is 1. The molecule has 0 saturated heterocycles. The summed E-state index contributed by atoms with van der Waals surface area (Å²) in [5, 5.41) is 0. The number of hydrogen-bond acceptors (Lipinski definition) is 1. The van der Waals surface area contributed by atoms with E-state index in [0.29, 0.717) is 12.5 Å². The van der Waals surface area contributed by atoms with E-state index in [2.05, 4.69) is 19.1 Å². The lowest BCUT2D eigenvalue weighted by molar-refractivity contribution is 0.337. The minimum Gasteiger partial charge on any atom is -0.494 e. The maximum Gasteiger partial charge on any atom is 0.122 e. The van der Waals surface area contributed by atoms with E-state index in [1.165, 1.54) is 29.5 Å². The van der Waals surface area contributed by atoms with Crippen LogP contribution in [0.5, 0.6) is 5.75 Å². The van der Waals surface area contributed by atoms with Crippen molar-refractivity contribution in [3.63, 3.8) is 0 Å². The topological polar surface area (TPSA) is 9.23 Å². The number of hydrogen-bond donors (Lipinski definition) is 0. The van der Waals surface area contributed by atoms with E-state index in [9.17, 15) is 0 Å². The van der Waals surface area contributed by atoms with Crippen molar-refractivity contribution >= 4 is 11.6 Å². The molecule has 82 valence electrons. The molecule has 0 aromatic heterocycles. The van der Waals surface area contributed by atoms with Crippen LogP contribution in [0.1, 0.15) is 42.4 Å². The minimum absolute atomic E-state index is 0.589.